The van der Waals surface area contributed by atoms with Crippen LogP contribution in [0.25, 0.3) is 0 Å². The van der Waals surface area contributed by atoms with Crippen molar-refractivity contribution in [2.75, 3.05) is 0 Å². The van der Waals surface area contributed by atoms with Crippen LogP contribution in [0.1, 0.15) is 24.8 Å². The third-order valence-electron chi connectivity index (χ3n) is 2.45. The summed E-state index contributed by atoms with van der Waals surface area (Å²) in [4.78, 5) is 25.3. The van der Waals surface area contributed by atoms with E-state index in [1.54, 1.807) is 0 Å². The molecule has 0 aliphatic rings. The third kappa shape index (κ3) is 3.90. The van der Waals surface area contributed by atoms with Crippen molar-refractivity contribution in [2.45, 2.75) is 38.9 Å². The number of hydrogen-bond donors (Lipinski definition) is 1. The minimum Gasteiger partial charge on any atom is -0.297 e. The first-order valence-corrected chi connectivity index (χ1v) is 5.66. The molecule has 102 valence electrons. The fraction of sp³-hybridized carbons (Fsp3) is 0.600. The molecule has 1 aromatic rings. The Kier molecular flexibility index (Phi) is 4.61. The number of nitrogens with zero attached hydrogens (tertiary/aromatic N) is 1. The highest BCUT2D eigenvalue weighted by Crippen LogP contribution is 2.22. The predicted molar refractivity (Wildman–Crippen MR) is 61.0 cm³/mol. The lowest BCUT2D eigenvalue weighted by Gasteiger charge is -2.08. The number of H-pyrrole nitrogens is 1. The zero-order chi connectivity index (χ0) is 13.9. The molecule has 1 heterocycles. The van der Waals surface area contributed by atoms with Gasteiger partial charge in [0, 0.05) is 18.5 Å². The Hall–Kier alpha value is -1.24. The maximum atomic E-state index is 11.9. The van der Waals surface area contributed by atoms with Crippen LogP contribution in [0.2, 0.25) is 5.15 Å². The first-order chi connectivity index (χ1) is 8.22. The van der Waals surface area contributed by atoms with Gasteiger partial charge in [0.15, 0.2) is 0 Å². The van der Waals surface area contributed by atoms with Crippen molar-refractivity contribution >= 4 is 11.6 Å². The third-order valence-corrected chi connectivity index (χ3v) is 2.83. The van der Waals surface area contributed by atoms with E-state index in [4.69, 9.17) is 11.6 Å². The molecule has 8 heteroatoms. The molecule has 1 N–H and O–H groups in total. The van der Waals surface area contributed by atoms with Crippen molar-refractivity contribution in [1.82, 2.24) is 9.55 Å². The van der Waals surface area contributed by atoms with Crippen molar-refractivity contribution in [2.24, 2.45) is 0 Å². The first kappa shape index (κ1) is 14.8. The Morgan fingerprint density at radius 1 is 1.28 bits per heavy atom. The molecular formula is C10H12ClF3N2O2. The maximum Gasteiger partial charge on any atom is 0.389 e. The number of unbranched alkanes of at least 4 members (excludes halogenated alkanes) is 1. The van der Waals surface area contributed by atoms with Gasteiger partial charge in [-0.15, -0.1) is 0 Å². The van der Waals surface area contributed by atoms with Crippen molar-refractivity contribution in [3.8, 4) is 0 Å². The standard InChI is InChI=1S/C10H12ClF3N2O2/c1-6-7(11)15-9(18)16(8(6)17)5-3-2-4-10(12,13)14/h2-5H2,1H3,(H,15,18). The van der Waals surface area contributed by atoms with E-state index >= 15 is 0 Å². The maximum absolute atomic E-state index is 11.9. The Bertz CT molecular complexity index is 533. The summed E-state index contributed by atoms with van der Waals surface area (Å²) in [5.41, 5.74) is -1.11. The SMILES string of the molecule is Cc1c(Cl)[nH]c(=O)n(CCCCC(F)(F)F)c1=O. The molecule has 4 nitrogen and oxygen atoms in total. The molecule has 0 bridgehead atoms. The highest BCUT2D eigenvalue weighted by atomic mass is 35.5. The lowest BCUT2D eigenvalue weighted by molar-refractivity contribution is -0.135. The normalized spacial score (nSPS) is 11.8. The monoisotopic (exact) mass is 284 g/mol. The Balaban J connectivity index is 2.72. The second-order valence-corrected chi connectivity index (χ2v) is 4.28. The van der Waals surface area contributed by atoms with Crippen LogP contribution < -0.4 is 11.2 Å². The van der Waals surface area contributed by atoms with E-state index < -0.39 is 23.8 Å². The summed E-state index contributed by atoms with van der Waals surface area (Å²) >= 11 is 5.59. The number of halogens is 4. The van der Waals surface area contributed by atoms with Gasteiger partial charge in [0.1, 0.15) is 5.15 Å². The quantitative estimate of drug-likeness (QED) is 0.681. The molecule has 0 aliphatic carbocycles. The molecule has 0 saturated carbocycles. The summed E-state index contributed by atoms with van der Waals surface area (Å²) in [6, 6.07) is 0. The summed E-state index contributed by atoms with van der Waals surface area (Å²) in [6.45, 7) is 1.38. The van der Waals surface area contributed by atoms with Crippen molar-refractivity contribution in [3.05, 3.63) is 31.6 Å². The number of aromatic amines is 1. The minimum atomic E-state index is -4.21. The predicted octanol–water partition coefficient (Wildman–Crippen LogP) is 2.23. The molecular weight excluding hydrogens is 273 g/mol. The molecule has 0 spiro atoms. The van der Waals surface area contributed by atoms with E-state index in [2.05, 4.69) is 4.98 Å². The van der Waals surface area contributed by atoms with Crippen molar-refractivity contribution in [3.63, 3.8) is 0 Å². The van der Waals surface area contributed by atoms with Gasteiger partial charge in [-0.05, 0) is 19.8 Å². The number of hydrogen-bond acceptors (Lipinski definition) is 2. The second-order valence-electron chi connectivity index (χ2n) is 3.90. The largest absolute Gasteiger partial charge is 0.389 e. The van der Waals surface area contributed by atoms with Crippen LogP contribution in [0.4, 0.5) is 13.2 Å². The Morgan fingerprint density at radius 3 is 2.44 bits per heavy atom. The highest BCUT2D eigenvalue weighted by molar-refractivity contribution is 6.30. The van der Waals surface area contributed by atoms with Gasteiger partial charge in [-0.1, -0.05) is 11.6 Å². The average molecular weight is 285 g/mol. The van der Waals surface area contributed by atoms with Crippen LogP contribution >= 0.6 is 11.6 Å². The van der Waals surface area contributed by atoms with Crippen LogP contribution in [0.5, 0.6) is 0 Å². The summed E-state index contributed by atoms with van der Waals surface area (Å²) in [5, 5.41) is -0.0449. The first-order valence-electron chi connectivity index (χ1n) is 5.28. The minimum absolute atomic E-state index is 0.0449. The van der Waals surface area contributed by atoms with E-state index in [0.29, 0.717) is 0 Å². The topological polar surface area (TPSA) is 54.9 Å². The summed E-state index contributed by atoms with van der Waals surface area (Å²) in [6.07, 6.45) is -5.17. The van der Waals surface area contributed by atoms with Gasteiger partial charge in [-0.3, -0.25) is 14.3 Å². The van der Waals surface area contributed by atoms with Gasteiger partial charge in [-0.25, -0.2) is 4.79 Å². The number of alkyl halides is 3. The molecule has 0 radical (unpaired) electrons. The van der Waals surface area contributed by atoms with Crippen molar-refractivity contribution < 1.29 is 13.2 Å². The number of rotatable bonds is 4. The van der Waals surface area contributed by atoms with E-state index in [-0.39, 0.29) is 30.1 Å². The van der Waals surface area contributed by atoms with E-state index in [9.17, 15) is 22.8 Å². The molecule has 0 amide bonds. The molecule has 0 atom stereocenters. The van der Waals surface area contributed by atoms with Crippen LogP contribution in [0.3, 0.4) is 0 Å². The molecule has 0 aromatic carbocycles. The van der Waals surface area contributed by atoms with Crippen LogP contribution in [0.15, 0.2) is 9.59 Å². The Morgan fingerprint density at radius 2 is 1.89 bits per heavy atom. The fourth-order valence-corrected chi connectivity index (χ4v) is 1.60. The Labute approximate surface area is 105 Å². The lowest BCUT2D eigenvalue weighted by atomic mass is 10.2. The zero-order valence-corrected chi connectivity index (χ0v) is 10.4. The van der Waals surface area contributed by atoms with Gasteiger partial charge >= 0.3 is 11.9 Å². The van der Waals surface area contributed by atoms with Crippen LogP contribution in [-0.2, 0) is 6.54 Å². The number of aromatic nitrogens is 2. The smallest absolute Gasteiger partial charge is 0.297 e. The second kappa shape index (κ2) is 5.60. The van der Waals surface area contributed by atoms with E-state index in [1.165, 1.54) is 6.92 Å². The number of nitrogens with one attached hydrogen (secondary N) is 1. The molecule has 0 unspecified atom stereocenters. The average Bonchev–Trinajstić information content (AvgIpc) is 2.23. The van der Waals surface area contributed by atoms with Crippen LogP contribution in [0, 0.1) is 6.92 Å². The van der Waals surface area contributed by atoms with Gasteiger partial charge in [0.25, 0.3) is 5.56 Å². The summed E-state index contributed by atoms with van der Waals surface area (Å²) < 4.78 is 36.6. The molecule has 1 rings (SSSR count). The molecule has 18 heavy (non-hydrogen) atoms. The fourth-order valence-electron chi connectivity index (χ4n) is 1.44. The molecule has 0 fully saturated rings. The molecule has 1 aromatic heterocycles. The van der Waals surface area contributed by atoms with Gasteiger partial charge in [0.2, 0.25) is 0 Å². The molecule has 0 saturated heterocycles. The highest BCUT2D eigenvalue weighted by Gasteiger charge is 2.25. The lowest BCUT2D eigenvalue weighted by Crippen LogP contribution is -2.36. The van der Waals surface area contributed by atoms with Crippen LogP contribution in [-0.4, -0.2) is 15.7 Å². The molecule has 0 aliphatic heterocycles. The van der Waals surface area contributed by atoms with Crippen molar-refractivity contribution in [1.29, 1.82) is 0 Å². The van der Waals surface area contributed by atoms with Gasteiger partial charge < -0.3 is 0 Å². The van der Waals surface area contributed by atoms with E-state index in [1.807, 2.05) is 0 Å². The van der Waals surface area contributed by atoms with Gasteiger partial charge in [0.05, 0.1) is 0 Å². The summed E-state index contributed by atoms with van der Waals surface area (Å²) in [5.74, 6) is 0. The van der Waals surface area contributed by atoms with Gasteiger partial charge in [-0.2, -0.15) is 13.2 Å². The summed E-state index contributed by atoms with van der Waals surface area (Å²) in [7, 11) is 0. The van der Waals surface area contributed by atoms with E-state index in [0.717, 1.165) is 4.57 Å². The zero-order valence-electron chi connectivity index (χ0n) is 9.60.